The molecule has 1 aromatic heterocycles. The molecule has 5 nitrogen and oxygen atoms in total. The maximum absolute atomic E-state index is 5.20. The molecule has 85 valence electrons. The molecule has 0 N–H and O–H groups in total. The molecular formula is C10H14BN2O3. The van der Waals surface area contributed by atoms with Crippen molar-refractivity contribution in [3.8, 4) is 0 Å². The van der Waals surface area contributed by atoms with Gasteiger partial charge in [0, 0.05) is 11.5 Å². The highest BCUT2D eigenvalue weighted by Crippen LogP contribution is 2.29. The normalized spacial score (nSPS) is 25.5. The number of rotatable bonds is 2. The second-order valence-electron chi connectivity index (χ2n) is 4.34. The molecule has 1 unspecified atom stereocenters. The minimum absolute atomic E-state index is 0.203. The van der Waals surface area contributed by atoms with Gasteiger partial charge in [-0.15, -0.1) is 0 Å². The summed E-state index contributed by atoms with van der Waals surface area (Å²) in [5.74, 6) is 0.203. The van der Waals surface area contributed by atoms with Gasteiger partial charge in [0.25, 0.3) is 0 Å². The van der Waals surface area contributed by atoms with Gasteiger partial charge < -0.3 is 9.54 Å². The highest BCUT2D eigenvalue weighted by molar-refractivity contribution is 6.30. The average molecular weight is 221 g/mol. The molecule has 0 bridgehead atoms. The van der Waals surface area contributed by atoms with E-state index in [0.717, 1.165) is 18.9 Å². The highest BCUT2D eigenvalue weighted by Gasteiger charge is 2.31. The molecular weight excluding hydrogens is 207 g/mol. The first kappa shape index (κ1) is 10.3. The quantitative estimate of drug-likeness (QED) is 0.544. The van der Waals surface area contributed by atoms with Gasteiger partial charge in [-0.25, -0.2) is 0 Å². The van der Waals surface area contributed by atoms with Gasteiger partial charge in [0.1, 0.15) is 0 Å². The van der Waals surface area contributed by atoms with Crippen LogP contribution >= 0.6 is 0 Å². The van der Waals surface area contributed by atoms with Crippen molar-refractivity contribution in [3.63, 3.8) is 0 Å². The number of aromatic nitrogens is 2. The van der Waals surface area contributed by atoms with Crippen LogP contribution in [0.15, 0.2) is 0 Å². The maximum atomic E-state index is 5.20. The van der Waals surface area contributed by atoms with Crippen LogP contribution < -0.4 is 0 Å². The maximum Gasteiger partial charge on any atom is 0.355 e. The van der Waals surface area contributed by atoms with Gasteiger partial charge in [-0.05, 0) is 19.4 Å². The lowest BCUT2D eigenvalue weighted by molar-refractivity contribution is -0.183. The third-order valence-corrected chi connectivity index (χ3v) is 3.25. The number of ether oxygens (including phenoxy) is 1. The Hall–Kier alpha value is -0.845. The predicted molar refractivity (Wildman–Crippen MR) is 57.1 cm³/mol. The molecule has 2 aliphatic rings. The molecule has 3 heterocycles. The van der Waals surface area contributed by atoms with Crippen molar-refractivity contribution in [3.05, 3.63) is 17.0 Å². The van der Waals surface area contributed by atoms with Crippen LogP contribution in [-0.4, -0.2) is 37.1 Å². The Morgan fingerprint density at radius 1 is 1.31 bits per heavy atom. The fourth-order valence-electron chi connectivity index (χ4n) is 2.34. The van der Waals surface area contributed by atoms with E-state index in [1.54, 1.807) is 7.48 Å². The summed E-state index contributed by atoms with van der Waals surface area (Å²) in [5, 5.41) is 4.58. The van der Waals surface area contributed by atoms with Gasteiger partial charge in [-0.2, -0.15) is 5.10 Å². The second kappa shape index (κ2) is 3.87. The van der Waals surface area contributed by atoms with Crippen molar-refractivity contribution in [1.82, 2.24) is 9.78 Å². The van der Waals surface area contributed by atoms with Gasteiger partial charge in [0.05, 0.1) is 31.6 Å². The van der Waals surface area contributed by atoms with Gasteiger partial charge in [-0.1, -0.05) is 0 Å². The minimum atomic E-state index is 0.203. The molecule has 0 amide bonds. The minimum Gasteiger partial charge on any atom is -0.377 e. The van der Waals surface area contributed by atoms with Crippen LogP contribution in [0.5, 0.6) is 0 Å². The molecule has 1 aromatic rings. The monoisotopic (exact) mass is 221 g/mol. The average Bonchev–Trinajstić information content (AvgIpc) is 2.74. The van der Waals surface area contributed by atoms with E-state index in [1.165, 1.54) is 11.3 Å². The van der Waals surface area contributed by atoms with Crippen LogP contribution in [0.4, 0.5) is 0 Å². The number of hydrogen-bond acceptors (Lipinski definition) is 4. The Morgan fingerprint density at radius 3 is 2.69 bits per heavy atom. The van der Waals surface area contributed by atoms with Crippen LogP contribution in [0.1, 0.15) is 28.8 Å². The van der Waals surface area contributed by atoms with E-state index in [9.17, 15) is 0 Å². The lowest BCUT2D eigenvalue weighted by Gasteiger charge is -2.27. The summed E-state index contributed by atoms with van der Waals surface area (Å²) in [6.07, 6.45) is 0. The highest BCUT2D eigenvalue weighted by atomic mass is 17.2. The van der Waals surface area contributed by atoms with Crippen molar-refractivity contribution in [1.29, 1.82) is 0 Å². The molecule has 0 saturated carbocycles. The summed E-state index contributed by atoms with van der Waals surface area (Å²) in [6, 6.07) is 0.399. The van der Waals surface area contributed by atoms with Crippen LogP contribution in [0.25, 0.3) is 0 Å². The van der Waals surface area contributed by atoms with E-state index in [0.29, 0.717) is 12.6 Å². The molecule has 3 rings (SSSR count). The summed E-state index contributed by atoms with van der Waals surface area (Å²) in [6.45, 7) is 6.24. The molecule has 16 heavy (non-hydrogen) atoms. The zero-order valence-corrected chi connectivity index (χ0v) is 9.47. The fraction of sp³-hybridized carbons (Fsp3) is 0.700. The summed E-state index contributed by atoms with van der Waals surface area (Å²) >= 11 is 0. The second-order valence-corrected chi connectivity index (χ2v) is 4.34. The zero-order chi connectivity index (χ0) is 11.1. The lowest BCUT2D eigenvalue weighted by atomic mass is 9.76. The van der Waals surface area contributed by atoms with E-state index in [4.69, 9.17) is 14.4 Å². The molecule has 0 aliphatic carbocycles. The fourth-order valence-corrected chi connectivity index (χ4v) is 2.34. The van der Waals surface area contributed by atoms with E-state index in [1.807, 2.05) is 6.92 Å². The van der Waals surface area contributed by atoms with E-state index in [-0.39, 0.29) is 5.82 Å². The molecule has 1 atom stereocenters. The first-order valence-electron chi connectivity index (χ1n) is 5.52. The lowest BCUT2D eigenvalue weighted by Crippen LogP contribution is -2.32. The first-order chi connectivity index (χ1) is 7.77. The topological polar surface area (TPSA) is 45.5 Å². The standard InChI is InChI=1S/C10H14BN2O3/c1-6-10(9-5-15-16-11-9)7(2)13(12-6)8-3-14-4-8/h8-9H,3-5H2,1-2H3. The predicted octanol–water partition coefficient (Wildman–Crippen LogP) is 0.693. The Morgan fingerprint density at radius 2 is 2.12 bits per heavy atom. The molecule has 0 aromatic carbocycles. The van der Waals surface area contributed by atoms with Crippen LogP contribution in [0, 0.1) is 13.8 Å². The van der Waals surface area contributed by atoms with Crippen LogP contribution in [0.3, 0.4) is 0 Å². The van der Waals surface area contributed by atoms with E-state index < -0.39 is 0 Å². The van der Waals surface area contributed by atoms with Gasteiger partial charge >= 0.3 is 7.48 Å². The third kappa shape index (κ3) is 1.49. The van der Waals surface area contributed by atoms with Crippen molar-refractivity contribution in [2.45, 2.75) is 25.7 Å². The molecule has 2 aliphatic heterocycles. The largest absolute Gasteiger partial charge is 0.377 e. The molecule has 0 spiro atoms. The van der Waals surface area contributed by atoms with Gasteiger partial charge in [-0.3, -0.25) is 9.57 Å². The van der Waals surface area contributed by atoms with E-state index >= 15 is 0 Å². The molecule has 2 saturated heterocycles. The molecule has 1 radical (unpaired) electrons. The summed E-state index contributed by atoms with van der Waals surface area (Å²) in [5.41, 5.74) is 3.48. The summed E-state index contributed by atoms with van der Waals surface area (Å²) < 4.78 is 7.27. The first-order valence-corrected chi connectivity index (χ1v) is 5.52. The smallest absolute Gasteiger partial charge is 0.355 e. The van der Waals surface area contributed by atoms with Crippen molar-refractivity contribution in [2.75, 3.05) is 19.8 Å². The number of aryl methyl sites for hydroxylation is 1. The van der Waals surface area contributed by atoms with Crippen molar-refractivity contribution < 1.29 is 14.4 Å². The SMILES string of the molecule is Cc1nn(C2COC2)c(C)c1C1[B]OOC1. The van der Waals surface area contributed by atoms with Crippen molar-refractivity contribution >= 4 is 7.48 Å². The molecule has 2 fully saturated rings. The Labute approximate surface area is 94.9 Å². The van der Waals surface area contributed by atoms with Gasteiger partial charge in [0.2, 0.25) is 0 Å². The summed E-state index contributed by atoms with van der Waals surface area (Å²) in [7, 11) is 1.73. The molecule has 6 heteroatoms. The Balaban J connectivity index is 1.94. The zero-order valence-electron chi connectivity index (χ0n) is 9.47. The van der Waals surface area contributed by atoms with Gasteiger partial charge in [0.15, 0.2) is 0 Å². The van der Waals surface area contributed by atoms with Crippen LogP contribution in [-0.2, 0) is 14.4 Å². The Bertz CT molecular complexity index is 397. The number of nitrogens with zero attached hydrogens (tertiary/aromatic N) is 2. The Kier molecular flexibility index (Phi) is 2.50. The summed E-state index contributed by atoms with van der Waals surface area (Å²) in [4.78, 5) is 9.76. The third-order valence-electron chi connectivity index (χ3n) is 3.25. The van der Waals surface area contributed by atoms with E-state index in [2.05, 4.69) is 16.7 Å². The van der Waals surface area contributed by atoms with Crippen LogP contribution in [0.2, 0.25) is 0 Å². The number of hydrogen-bond donors (Lipinski definition) is 0. The van der Waals surface area contributed by atoms with Crippen molar-refractivity contribution in [2.24, 2.45) is 0 Å².